The van der Waals surface area contributed by atoms with Gasteiger partial charge >= 0.3 is 0 Å². The van der Waals surface area contributed by atoms with Gasteiger partial charge in [0.2, 0.25) is 0 Å². The minimum absolute atomic E-state index is 0.466. The van der Waals surface area contributed by atoms with Crippen LogP contribution < -0.4 is 0 Å². The average Bonchev–Trinajstić information content (AvgIpc) is 3.26. The molecule has 0 aromatic heterocycles. The third-order valence-corrected chi connectivity index (χ3v) is 5.81. The van der Waals surface area contributed by atoms with Crippen molar-refractivity contribution in [1.29, 1.82) is 0 Å². The van der Waals surface area contributed by atoms with Crippen LogP contribution in [0, 0.1) is 17.8 Å². The summed E-state index contributed by atoms with van der Waals surface area (Å²) in [5.74, 6) is 2.15. The second-order valence-electron chi connectivity index (χ2n) is 7.05. The van der Waals surface area contributed by atoms with Crippen molar-refractivity contribution < 1.29 is 0 Å². The van der Waals surface area contributed by atoms with Gasteiger partial charge in [-0.25, -0.2) is 0 Å². The lowest BCUT2D eigenvalue weighted by Crippen LogP contribution is -2.24. The van der Waals surface area contributed by atoms with Crippen molar-refractivity contribution in [2.24, 2.45) is 17.8 Å². The van der Waals surface area contributed by atoms with Crippen molar-refractivity contribution in [2.45, 2.75) is 19.3 Å². The SMILES string of the molecule is C=CCC(C1c2ccccc2-c2ccccc21)C(C)C1C=CC=C1. The molecule has 0 amide bonds. The molecular formula is C24H24. The third-order valence-electron chi connectivity index (χ3n) is 5.81. The molecule has 0 spiro atoms. The molecule has 0 aliphatic heterocycles. The topological polar surface area (TPSA) is 0 Å². The van der Waals surface area contributed by atoms with Crippen molar-refractivity contribution in [2.75, 3.05) is 0 Å². The highest BCUT2D eigenvalue weighted by Gasteiger charge is 2.37. The van der Waals surface area contributed by atoms with E-state index in [-0.39, 0.29) is 0 Å². The zero-order valence-corrected chi connectivity index (χ0v) is 14.2. The van der Waals surface area contributed by atoms with Gasteiger partial charge in [0.05, 0.1) is 0 Å². The number of fused-ring (bicyclic) bond motifs is 3. The first-order valence-corrected chi connectivity index (χ1v) is 8.95. The normalized spacial score (nSPS) is 18.4. The van der Waals surface area contributed by atoms with Crippen molar-refractivity contribution in [3.8, 4) is 11.1 Å². The van der Waals surface area contributed by atoms with E-state index in [2.05, 4.69) is 92.4 Å². The maximum Gasteiger partial charge on any atom is 0.0136 e. The molecule has 2 aliphatic carbocycles. The monoisotopic (exact) mass is 312 g/mol. The lowest BCUT2D eigenvalue weighted by Gasteiger charge is -2.32. The van der Waals surface area contributed by atoms with E-state index < -0.39 is 0 Å². The molecule has 2 aromatic carbocycles. The van der Waals surface area contributed by atoms with E-state index in [9.17, 15) is 0 Å². The highest BCUT2D eigenvalue weighted by Crippen LogP contribution is 2.51. The first-order valence-electron chi connectivity index (χ1n) is 8.95. The highest BCUT2D eigenvalue weighted by molar-refractivity contribution is 5.78. The van der Waals surface area contributed by atoms with Crippen LogP contribution in [0.1, 0.15) is 30.4 Å². The predicted molar refractivity (Wildman–Crippen MR) is 103 cm³/mol. The number of allylic oxidation sites excluding steroid dienone is 5. The van der Waals surface area contributed by atoms with E-state index >= 15 is 0 Å². The standard InChI is InChI=1S/C24H24/c1-3-10-19(17(2)18-11-4-5-12-18)24-22-15-8-6-13-20(22)21-14-7-9-16-23(21)24/h3-9,11-19,24H,1,10H2,2H3. The number of rotatable bonds is 5. The molecule has 2 atom stereocenters. The average molecular weight is 312 g/mol. The number of hydrogen-bond acceptors (Lipinski definition) is 0. The summed E-state index contributed by atoms with van der Waals surface area (Å²) in [4.78, 5) is 0. The van der Waals surface area contributed by atoms with Crippen LogP contribution in [-0.4, -0.2) is 0 Å². The molecule has 2 aromatic rings. The first-order chi connectivity index (χ1) is 11.8. The van der Waals surface area contributed by atoms with Gasteiger partial charge in [0, 0.05) is 5.92 Å². The molecule has 0 heteroatoms. The van der Waals surface area contributed by atoms with Gasteiger partial charge < -0.3 is 0 Å². The van der Waals surface area contributed by atoms with Crippen molar-refractivity contribution in [1.82, 2.24) is 0 Å². The summed E-state index contributed by atoms with van der Waals surface area (Å²) in [7, 11) is 0. The van der Waals surface area contributed by atoms with Gasteiger partial charge in [0.15, 0.2) is 0 Å². The molecule has 0 bridgehead atoms. The fourth-order valence-electron chi connectivity index (χ4n) is 4.59. The van der Waals surface area contributed by atoms with Crippen LogP contribution in [0.4, 0.5) is 0 Å². The van der Waals surface area contributed by atoms with E-state index in [1.165, 1.54) is 22.3 Å². The maximum absolute atomic E-state index is 4.06. The van der Waals surface area contributed by atoms with Crippen LogP contribution >= 0.6 is 0 Å². The molecule has 0 heterocycles. The van der Waals surface area contributed by atoms with Crippen LogP contribution in [0.5, 0.6) is 0 Å². The van der Waals surface area contributed by atoms with Crippen LogP contribution in [0.15, 0.2) is 85.5 Å². The van der Waals surface area contributed by atoms with Gasteiger partial charge in [0.1, 0.15) is 0 Å². The third kappa shape index (κ3) is 2.38. The molecular weight excluding hydrogens is 288 g/mol. The Labute approximate surface area is 145 Å². The van der Waals surface area contributed by atoms with E-state index in [0.29, 0.717) is 23.7 Å². The van der Waals surface area contributed by atoms with E-state index in [1.807, 2.05) is 0 Å². The molecule has 0 radical (unpaired) electrons. The Hall–Kier alpha value is -2.34. The molecule has 2 unspecified atom stereocenters. The van der Waals surface area contributed by atoms with Gasteiger partial charge in [-0.15, -0.1) is 6.58 Å². The summed E-state index contributed by atoms with van der Waals surface area (Å²) in [6, 6.07) is 17.9. The predicted octanol–water partition coefficient (Wildman–Crippen LogP) is 6.37. The Balaban J connectivity index is 1.81. The quantitative estimate of drug-likeness (QED) is 0.563. The Morgan fingerprint density at radius 1 is 0.917 bits per heavy atom. The molecule has 4 rings (SSSR count). The van der Waals surface area contributed by atoms with Gasteiger partial charge in [-0.05, 0) is 46.4 Å². The van der Waals surface area contributed by atoms with Crippen LogP contribution in [0.25, 0.3) is 11.1 Å². The summed E-state index contributed by atoms with van der Waals surface area (Å²) in [6.07, 6.45) is 12.2. The largest absolute Gasteiger partial charge is 0.103 e. The van der Waals surface area contributed by atoms with E-state index in [1.54, 1.807) is 0 Å². The summed E-state index contributed by atoms with van der Waals surface area (Å²) in [5, 5.41) is 0. The van der Waals surface area contributed by atoms with Gasteiger partial charge in [0.25, 0.3) is 0 Å². The Kier molecular flexibility index (Phi) is 3.98. The molecule has 0 N–H and O–H groups in total. The molecule has 0 saturated carbocycles. The number of hydrogen-bond donors (Lipinski definition) is 0. The first kappa shape index (κ1) is 15.2. The van der Waals surface area contributed by atoms with E-state index in [0.717, 1.165) is 6.42 Å². The lowest BCUT2D eigenvalue weighted by molar-refractivity contribution is 0.293. The summed E-state index contributed by atoms with van der Waals surface area (Å²) in [5.41, 5.74) is 5.81. The molecule has 0 saturated heterocycles. The van der Waals surface area contributed by atoms with Crippen molar-refractivity contribution in [3.63, 3.8) is 0 Å². The van der Waals surface area contributed by atoms with E-state index in [4.69, 9.17) is 0 Å². The van der Waals surface area contributed by atoms with Gasteiger partial charge in [-0.3, -0.25) is 0 Å². The van der Waals surface area contributed by atoms with Crippen LogP contribution in [0.3, 0.4) is 0 Å². The fraction of sp³-hybridized carbons (Fsp3) is 0.250. The Morgan fingerprint density at radius 3 is 2.00 bits per heavy atom. The second-order valence-corrected chi connectivity index (χ2v) is 7.05. The maximum atomic E-state index is 4.06. The zero-order valence-electron chi connectivity index (χ0n) is 14.2. The summed E-state index contributed by atoms with van der Waals surface area (Å²) < 4.78 is 0. The molecule has 0 fully saturated rings. The van der Waals surface area contributed by atoms with Crippen LogP contribution in [0.2, 0.25) is 0 Å². The zero-order chi connectivity index (χ0) is 16.5. The smallest absolute Gasteiger partial charge is 0.0136 e. The van der Waals surface area contributed by atoms with Gasteiger partial charge in [-0.1, -0.05) is 85.8 Å². The lowest BCUT2D eigenvalue weighted by atomic mass is 9.71. The molecule has 120 valence electrons. The summed E-state index contributed by atoms with van der Waals surface area (Å²) >= 11 is 0. The Bertz CT molecular complexity index is 751. The fourth-order valence-corrected chi connectivity index (χ4v) is 4.59. The molecule has 0 nitrogen and oxygen atoms in total. The van der Waals surface area contributed by atoms with Crippen molar-refractivity contribution >= 4 is 0 Å². The minimum atomic E-state index is 0.466. The summed E-state index contributed by atoms with van der Waals surface area (Å²) in [6.45, 7) is 6.46. The molecule has 2 aliphatic rings. The minimum Gasteiger partial charge on any atom is -0.103 e. The second kappa shape index (κ2) is 6.28. The van der Waals surface area contributed by atoms with Crippen molar-refractivity contribution in [3.05, 3.63) is 96.6 Å². The highest BCUT2D eigenvalue weighted by atomic mass is 14.4. The van der Waals surface area contributed by atoms with Crippen LogP contribution in [-0.2, 0) is 0 Å². The molecule has 24 heavy (non-hydrogen) atoms. The number of benzene rings is 2. The Morgan fingerprint density at radius 2 is 1.46 bits per heavy atom. The van der Waals surface area contributed by atoms with Gasteiger partial charge in [-0.2, -0.15) is 0 Å².